The lowest BCUT2D eigenvalue weighted by Crippen LogP contribution is -2.27. The highest BCUT2D eigenvalue weighted by molar-refractivity contribution is 7.92. The Bertz CT molecular complexity index is 1210. The van der Waals surface area contributed by atoms with Gasteiger partial charge in [-0.1, -0.05) is 30.3 Å². The van der Waals surface area contributed by atoms with Gasteiger partial charge in [0, 0.05) is 18.3 Å². The van der Waals surface area contributed by atoms with Gasteiger partial charge in [0.15, 0.2) is 0 Å². The van der Waals surface area contributed by atoms with E-state index < -0.39 is 15.9 Å². The third kappa shape index (κ3) is 4.67. The molecule has 0 saturated heterocycles. The number of carbonyl (C=O) groups excluding carboxylic acids is 1. The Hall–Kier alpha value is -3.63. The Balaban J connectivity index is 1.82. The van der Waals surface area contributed by atoms with Crippen LogP contribution in [-0.4, -0.2) is 21.4 Å². The summed E-state index contributed by atoms with van der Waals surface area (Å²) in [6.07, 6.45) is 0.294. The summed E-state index contributed by atoms with van der Waals surface area (Å²) in [4.78, 5) is 12.6. The van der Waals surface area contributed by atoms with E-state index in [2.05, 4.69) is 11.4 Å². The van der Waals surface area contributed by atoms with Crippen molar-refractivity contribution in [3.63, 3.8) is 0 Å². The smallest absolute Gasteiger partial charge is 0.264 e. The van der Waals surface area contributed by atoms with Crippen LogP contribution in [0.4, 0.5) is 11.4 Å². The zero-order valence-corrected chi connectivity index (χ0v) is 17.5. The van der Waals surface area contributed by atoms with E-state index in [-0.39, 0.29) is 10.5 Å². The third-order valence-corrected chi connectivity index (χ3v) is 6.40. The molecule has 0 unspecified atom stereocenters. The summed E-state index contributed by atoms with van der Waals surface area (Å²) in [5.41, 5.74) is 3.13. The van der Waals surface area contributed by atoms with Crippen LogP contribution in [0.25, 0.3) is 0 Å². The topological polar surface area (TPSA) is 90.3 Å². The first-order valence-corrected chi connectivity index (χ1v) is 10.7. The summed E-state index contributed by atoms with van der Waals surface area (Å²) >= 11 is 0. The van der Waals surface area contributed by atoms with E-state index in [0.717, 1.165) is 11.1 Å². The molecule has 0 aliphatic rings. The van der Waals surface area contributed by atoms with Gasteiger partial charge < -0.3 is 5.32 Å². The van der Waals surface area contributed by atoms with Gasteiger partial charge in [-0.3, -0.25) is 9.10 Å². The molecule has 1 N–H and O–H groups in total. The van der Waals surface area contributed by atoms with E-state index in [1.54, 1.807) is 54.6 Å². The highest BCUT2D eigenvalue weighted by Gasteiger charge is 2.22. The number of rotatable bonds is 6. The summed E-state index contributed by atoms with van der Waals surface area (Å²) in [7, 11) is -2.34. The van der Waals surface area contributed by atoms with Crippen LogP contribution in [0, 0.1) is 18.3 Å². The van der Waals surface area contributed by atoms with Crippen molar-refractivity contribution in [3.8, 4) is 6.07 Å². The van der Waals surface area contributed by atoms with Gasteiger partial charge in [-0.2, -0.15) is 5.26 Å². The Labute approximate surface area is 176 Å². The number of carbonyl (C=O) groups is 1. The lowest BCUT2D eigenvalue weighted by molar-refractivity contribution is 0.102. The molecule has 1 amide bonds. The van der Waals surface area contributed by atoms with Gasteiger partial charge >= 0.3 is 0 Å². The van der Waals surface area contributed by atoms with Crippen molar-refractivity contribution in [2.24, 2.45) is 0 Å². The van der Waals surface area contributed by atoms with Gasteiger partial charge in [-0.15, -0.1) is 0 Å². The zero-order chi connectivity index (χ0) is 21.7. The van der Waals surface area contributed by atoms with Crippen molar-refractivity contribution in [3.05, 3.63) is 89.5 Å². The molecule has 0 aromatic heterocycles. The highest BCUT2D eigenvalue weighted by atomic mass is 32.2. The average Bonchev–Trinajstić information content (AvgIpc) is 2.75. The maximum atomic E-state index is 13.0. The Kier molecular flexibility index (Phi) is 6.19. The molecule has 3 rings (SSSR count). The van der Waals surface area contributed by atoms with Crippen LogP contribution in [0.5, 0.6) is 0 Å². The molecule has 6 nitrogen and oxygen atoms in total. The fourth-order valence-corrected chi connectivity index (χ4v) is 4.15. The number of nitriles is 1. The molecule has 0 fully saturated rings. The molecular formula is C23H21N3O3S. The predicted molar refractivity (Wildman–Crippen MR) is 117 cm³/mol. The summed E-state index contributed by atoms with van der Waals surface area (Å²) in [5, 5.41) is 11.5. The normalized spacial score (nSPS) is 10.8. The van der Waals surface area contributed by atoms with Gasteiger partial charge in [-0.05, 0) is 60.5 Å². The van der Waals surface area contributed by atoms with E-state index in [1.807, 2.05) is 13.0 Å². The molecule has 3 aromatic rings. The van der Waals surface area contributed by atoms with Crippen molar-refractivity contribution >= 4 is 27.3 Å². The summed E-state index contributed by atoms with van der Waals surface area (Å²) in [5.74, 6) is -0.418. The molecule has 0 heterocycles. The number of benzene rings is 3. The average molecular weight is 420 g/mol. The quantitative estimate of drug-likeness (QED) is 0.650. The van der Waals surface area contributed by atoms with Crippen molar-refractivity contribution in [2.45, 2.75) is 18.2 Å². The van der Waals surface area contributed by atoms with Gasteiger partial charge in [-0.25, -0.2) is 8.42 Å². The molecular weight excluding hydrogens is 398 g/mol. The van der Waals surface area contributed by atoms with Crippen LogP contribution in [0.3, 0.4) is 0 Å². The Morgan fingerprint density at radius 3 is 2.40 bits per heavy atom. The summed E-state index contributed by atoms with van der Waals surface area (Å²) < 4.78 is 27.3. The first-order chi connectivity index (χ1) is 14.3. The second-order valence-corrected chi connectivity index (χ2v) is 8.79. The van der Waals surface area contributed by atoms with Crippen molar-refractivity contribution in [2.75, 3.05) is 16.7 Å². The molecule has 0 radical (unpaired) electrons. The third-order valence-electron chi connectivity index (χ3n) is 4.61. The molecule has 0 atom stereocenters. The molecule has 3 aromatic carbocycles. The SMILES string of the molecule is Cc1cccc(N(C)S(=O)(=O)c2cccc(C(=O)Nc3ccc(CC#N)cc3)c2)c1. The Morgan fingerprint density at radius 1 is 1.03 bits per heavy atom. The monoisotopic (exact) mass is 419 g/mol. The van der Waals surface area contributed by atoms with Crippen LogP contribution in [0.2, 0.25) is 0 Å². The van der Waals surface area contributed by atoms with Gasteiger partial charge in [0.25, 0.3) is 15.9 Å². The number of amides is 1. The number of sulfonamides is 1. The van der Waals surface area contributed by atoms with Crippen molar-refractivity contribution in [1.82, 2.24) is 0 Å². The second-order valence-electron chi connectivity index (χ2n) is 6.83. The maximum absolute atomic E-state index is 13.0. The number of anilines is 2. The standard InChI is InChI=1S/C23H21N3O3S/c1-17-5-3-7-21(15-17)26(2)30(28,29)22-8-4-6-19(16-22)23(27)25-20-11-9-18(10-12-20)13-14-24/h3-12,15-16H,13H2,1-2H3,(H,25,27). The van der Waals surface area contributed by atoms with Crippen LogP contribution >= 0.6 is 0 Å². The van der Waals surface area contributed by atoms with E-state index >= 15 is 0 Å². The van der Waals surface area contributed by atoms with Gasteiger partial charge in [0.05, 0.1) is 23.1 Å². The molecule has 152 valence electrons. The molecule has 30 heavy (non-hydrogen) atoms. The minimum atomic E-state index is -3.83. The van der Waals surface area contributed by atoms with Crippen molar-refractivity contribution < 1.29 is 13.2 Å². The van der Waals surface area contributed by atoms with Crippen LogP contribution in [-0.2, 0) is 16.4 Å². The molecule has 0 saturated carbocycles. The van der Waals surface area contributed by atoms with Crippen LogP contribution in [0.15, 0.2) is 77.7 Å². The first kappa shape index (κ1) is 21.1. The van der Waals surface area contributed by atoms with Gasteiger partial charge in [0.1, 0.15) is 0 Å². The fourth-order valence-electron chi connectivity index (χ4n) is 2.92. The number of hydrogen-bond acceptors (Lipinski definition) is 4. The number of aryl methyl sites for hydroxylation is 1. The van der Waals surface area contributed by atoms with Crippen LogP contribution < -0.4 is 9.62 Å². The predicted octanol–water partition coefficient (Wildman–Crippen LogP) is 4.14. The number of hydrogen-bond donors (Lipinski definition) is 1. The zero-order valence-electron chi connectivity index (χ0n) is 16.7. The first-order valence-electron chi connectivity index (χ1n) is 9.24. The molecule has 7 heteroatoms. The van der Waals surface area contributed by atoms with E-state index in [4.69, 9.17) is 5.26 Å². The fraction of sp³-hybridized carbons (Fsp3) is 0.130. The largest absolute Gasteiger partial charge is 0.322 e. The molecule has 0 spiro atoms. The maximum Gasteiger partial charge on any atom is 0.264 e. The lowest BCUT2D eigenvalue weighted by atomic mass is 10.1. The molecule has 0 aliphatic carbocycles. The van der Waals surface area contributed by atoms with E-state index in [0.29, 0.717) is 17.8 Å². The van der Waals surface area contributed by atoms with E-state index in [9.17, 15) is 13.2 Å². The lowest BCUT2D eigenvalue weighted by Gasteiger charge is -2.20. The summed E-state index contributed by atoms with van der Waals surface area (Å²) in [6.45, 7) is 1.89. The minimum absolute atomic E-state index is 0.0310. The summed E-state index contributed by atoms with van der Waals surface area (Å²) in [6, 6.07) is 22.1. The van der Waals surface area contributed by atoms with E-state index in [1.165, 1.54) is 23.5 Å². The highest BCUT2D eigenvalue weighted by Crippen LogP contribution is 2.23. The molecule has 0 aliphatic heterocycles. The Morgan fingerprint density at radius 2 is 1.73 bits per heavy atom. The number of nitrogens with one attached hydrogen (secondary N) is 1. The number of nitrogens with zero attached hydrogens (tertiary/aromatic N) is 2. The van der Waals surface area contributed by atoms with Crippen LogP contribution in [0.1, 0.15) is 21.5 Å². The minimum Gasteiger partial charge on any atom is -0.322 e. The molecule has 0 bridgehead atoms. The second kappa shape index (κ2) is 8.80. The van der Waals surface area contributed by atoms with Crippen molar-refractivity contribution in [1.29, 1.82) is 5.26 Å². The van der Waals surface area contributed by atoms with Gasteiger partial charge in [0.2, 0.25) is 0 Å².